The summed E-state index contributed by atoms with van der Waals surface area (Å²) >= 11 is 0. The molecule has 6 rings (SSSR count). The topological polar surface area (TPSA) is 179 Å². The second-order valence-electron chi connectivity index (χ2n) is 9.16. The maximum Gasteiger partial charge on any atom is 0.469 e. The summed E-state index contributed by atoms with van der Waals surface area (Å²) in [5.74, 6) is 0.179. The molecule has 0 aliphatic carbocycles. The number of anilines is 2. The highest BCUT2D eigenvalue weighted by atomic mass is 31.2. The van der Waals surface area contributed by atoms with Crippen molar-refractivity contribution in [3.05, 3.63) is 78.9 Å². The maximum absolute atomic E-state index is 12.6. The Morgan fingerprint density at radius 1 is 0.950 bits per heavy atom. The number of rotatable bonds is 8. The molecule has 15 heteroatoms. The molecule has 2 aromatic heterocycles. The van der Waals surface area contributed by atoms with E-state index in [0.29, 0.717) is 23.3 Å². The van der Waals surface area contributed by atoms with Crippen molar-refractivity contribution in [1.82, 2.24) is 19.5 Å². The van der Waals surface area contributed by atoms with Gasteiger partial charge in [0, 0.05) is 12.1 Å². The molecule has 0 bridgehead atoms. The van der Waals surface area contributed by atoms with Gasteiger partial charge in [0.2, 0.25) is 0 Å². The minimum absolute atomic E-state index is 0.179. The molecule has 2 saturated heterocycles. The van der Waals surface area contributed by atoms with Crippen molar-refractivity contribution in [2.75, 3.05) is 17.2 Å². The van der Waals surface area contributed by atoms with Crippen molar-refractivity contribution in [2.24, 2.45) is 0 Å². The lowest BCUT2D eigenvalue weighted by molar-refractivity contribution is -0.149. The van der Waals surface area contributed by atoms with Crippen LogP contribution < -0.4 is 10.6 Å². The second-order valence-corrected chi connectivity index (χ2v) is 10.4. The van der Waals surface area contributed by atoms with Crippen molar-refractivity contribution in [3.8, 4) is 0 Å². The number of fused-ring (bicyclic) bond motifs is 2. The molecule has 0 spiro atoms. The number of urea groups is 1. The fourth-order valence-corrected chi connectivity index (χ4v) is 5.09. The van der Waals surface area contributed by atoms with Gasteiger partial charge in [0.05, 0.1) is 12.9 Å². The Balaban J connectivity index is 1.24. The van der Waals surface area contributed by atoms with Gasteiger partial charge in [-0.15, -0.1) is 0 Å². The van der Waals surface area contributed by atoms with Crippen molar-refractivity contribution in [2.45, 2.75) is 37.3 Å². The number of ether oxygens (including phenoxy) is 3. The summed E-state index contributed by atoms with van der Waals surface area (Å²) in [5, 5.41) is 5.40. The average molecular weight is 568 g/mol. The Bertz CT molecular complexity index is 1530. The van der Waals surface area contributed by atoms with Gasteiger partial charge >= 0.3 is 13.9 Å². The smallest absolute Gasteiger partial charge is 0.347 e. The van der Waals surface area contributed by atoms with Gasteiger partial charge in [-0.25, -0.2) is 24.3 Å². The Hall–Kier alpha value is -3.75. The third kappa shape index (κ3) is 5.74. The number of benzene rings is 2. The summed E-state index contributed by atoms with van der Waals surface area (Å²) in [6.45, 7) is -0.419. The first-order chi connectivity index (χ1) is 19.3. The first kappa shape index (κ1) is 26.5. The number of hydrogen-bond acceptors (Lipinski definition) is 9. The summed E-state index contributed by atoms with van der Waals surface area (Å²) in [4.78, 5) is 43.9. The highest BCUT2D eigenvalue weighted by Crippen LogP contribution is 2.43. The van der Waals surface area contributed by atoms with Crippen LogP contribution in [0.4, 0.5) is 16.3 Å². The normalized spacial score (nSPS) is 24.2. The van der Waals surface area contributed by atoms with Gasteiger partial charge in [0.1, 0.15) is 24.6 Å². The molecule has 2 unspecified atom stereocenters. The number of carbonyl (C=O) groups excluding carboxylic acids is 1. The number of nitrogens with one attached hydrogen (secondary N) is 2. The lowest BCUT2D eigenvalue weighted by Gasteiger charge is -2.21. The third-order valence-electron chi connectivity index (χ3n) is 6.45. The van der Waals surface area contributed by atoms with Gasteiger partial charge in [-0.2, -0.15) is 0 Å². The number of hydrogen-bond donors (Lipinski definition) is 4. The molecule has 2 fully saturated rings. The van der Waals surface area contributed by atoms with E-state index >= 15 is 0 Å². The second kappa shape index (κ2) is 11.0. The molecule has 40 heavy (non-hydrogen) atoms. The van der Waals surface area contributed by atoms with E-state index in [9.17, 15) is 19.1 Å². The standard InChI is InChI=1S/C25H25N6O8P/c32-25(29-16-9-5-2-6-10-16)30-22-19-23(27-13-26-22)31(14-28-19)24-21-20(17(37-24)12-36-40(33,34)35)38-18(39-21)11-15-7-3-1-4-8-15/h1-10,13-14,17-18,20-21,24H,11-12H2,(H2,33,34,35)(H2,26,27,29,30,32)/t17-,18?,20?,21+,24-/m1/s1. The molecule has 4 N–H and O–H groups in total. The molecule has 2 aromatic carbocycles. The van der Waals surface area contributed by atoms with Crippen molar-refractivity contribution in [1.29, 1.82) is 0 Å². The highest BCUT2D eigenvalue weighted by Gasteiger charge is 2.54. The Morgan fingerprint density at radius 2 is 1.68 bits per heavy atom. The average Bonchev–Trinajstić information content (AvgIpc) is 3.62. The lowest BCUT2D eigenvalue weighted by Crippen LogP contribution is -2.31. The number of para-hydroxylation sites is 1. The zero-order valence-electron chi connectivity index (χ0n) is 20.8. The number of imidazole rings is 1. The van der Waals surface area contributed by atoms with Crippen molar-refractivity contribution >= 4 is 36.5 Å². The molecule has 4 aromatic rings. The SMILES string of the molecule is O=C(Nc1ccccc1)Nc1ncnc2c1ncn2[C@@H]1O[C@H](COP(=O)(O)O)C2OC(Cc3ccccc3)O[C@@H]21. The van der Waals surface area contributed by atoms with Gasteiger partial charge in [-0.05, 0) is 17.7 Å². The monoisotopic (exact) mass is 568 g/mol. The number of carbonyl (C=O) groups is 1. The molecule has 4 heterocycles. The quantitative estimate of drug-likeness (QED) is 0.230. The van der Waals surface area contributed by atoms with Crippen LogP contribution in [0, 0.1) is 0 Å². The van der Waals surface area contributed by atoms with E-state index in [1.165, 1.54) is 12.7 Å². The summed E-state index contributed by atoms with van der Waals surface area (Å²) < 4.78 is 36.2. The number of phosphoric ester groups is 1. The molecular formula is C25H25N6O8P. The summed E-state index contributed by atoms with van der Waals surface area (Å²) in [6, 6.07) is 18.1. The predicted octanol–water partition coefficient (Wildman–Crippen LogP) is 2.83. The van der Waals surface area contributed by atoms with Crippen LogP contribution in [0.2, 0.25) is 0 Å². The molecule has 14 nitrogen and oxygen atoms in total. The van der Waals surface area contributed by atoms with E-state index in [-0.39, 0.29) is 5.82 Å². The minimum Gasteiger partial charge on any atom is -0.347 e. The third-order valence-corrected chi connectivity index (χ3v) is 6.94. The zero-order valence-corrected chi connectivity index (χ0v) is 21.7. The van der Waals surface area contributed by atoms with E-state index in [2.05, 4.69) is 25.6 Å². The fraction of sp³-hybridized carbons (Fsp3) is 0.280. The van der Waals surface area contributed by atoms with Gasteiger partial charge in [-0.3, -0.25) is 14.4 Å². The summed E-state index contributed by atoms with van der Waals surface area (Å²) in [5.41, 5.74) is 2.26. The molecule has 2 aliphatic heterocycles. The number of aromatic nitrogens is 4. The Kier molecular flexibility index (Phi) is 7.29. The van der Waals surface area contributed by atoms with Gasteiger partial charge in [0.15, 0.2) is 29.5 Å². The molecule has 208 valence electrons. The van der Waals surface area contributed by atoms with E-state index in [1.54, 1.807) is 28.8 Å². The molecule has 2 amide bonds. The molecule has 0 radical (unpaired) electrons. The largest absolute Gasteiger partial charge is 0.469 e. The Morgan fingerprint density at radius 3 is 2.42 bits per heavy atom. The van der Waals surface area contributed by atoms with Crippen LogP contribution in [-0.2, 0) is 29.7 Å². The summed E-state index contributed by atoms with van der Waals surface area (Å²) in [6.07, 6.45) is -0.415. The van der Waals surface area contributed by atoms with Gasteiger partial charge in [0.25, 0.3) is 0 Å². The number of nitrogens with zero attached hydrogens (tertiary/aromatic N) is 4. The minimum atomic E-state index is -4.75. The number of amides is 2. The van der Waals surface area contributed by atoms with E-state index in [4.69, 9.17) is 18.7 Å². The highest BCUT2D eigenvalue weighted by molar-refractivity contribution is 7.46. The zero-order chi connectivity index (χ0) is 27.7. The van der Waals surface area contributed by atoms with Gasteiger partial charge in [-0.1, -0.05) is 48.5 Å². The Labute approximate surface area is 227 Å². The van der Waals surface area contributed by atoms with Crippen LogP contribution in [0.1, 0.15) is 11.8 Å². The lowest BCUT2D eigenvalue weighted by atomic mass is 10.1. The first-order valence-corrected chi connectivity index (χ1v) is 13.9. The van der Waals surface area contributed by atoms with Crippen LogP contribution in [0.15, 0.2) is 73.3 Å². The fourth-order valence-electron chi connectivity index (χ4n) is 4.75. The van der Waals surface area contributed by atoms with Crippen LogP contribution >= 0.6 is 7.82 Å². The van der Waals surface area contributed by atoms with Crippen LogP contribution in [-0.4, -0.2) is 66.5 Å². The molecule has 2 aliphatic rings. The molecular weight excluding hydrogens is 543 g/mol. The van der Waals surface area contributed by atoms with Crippen molar-refractivity contribution < 1.29 is 37.9 Å². The molecule has 5 atom stereocenters. The van der Waals surface area contributed by atoms with E-state index in [1.807, 2.05) is 36.4 Å². The van der Waals surface area contributed by atoms with Gasteiger partial charge < -0.3 is 29.3 Å². The van der Waals surface area contributed by atoms with Crippen LogP contribution in [0.5, 0.6) is 0 Å². The van der Waals surface area contributed by atoms with Crippen LogP contribution in [0.3, 0.4) is 0 Å². The number of phosphoric acid groups is 1. The summed E-state index contributed by atoms with van der Waals surface area (Å²) in [7, 11) is -4.75. The maximum atomic E-state index is 12.6. The van der Waals surface area contributed by atoms with E-state index < -0.39 is 51.3 Å². The molecule has 0 saturated carbocycles. The van der Waals surface area contributed by atoms with Crippen LogP contribution in [0.25, 0.3) is 11.2 Å². The van der Waals surface area contributed by atoms with Crippen molar-refractivity contribution in [3.63, 3.8) is 0 Å². The predicted molar refractivity (Wildman–Crippen MR) is 140 cm³/mol. The first-order valence-electron chi connectivity index (χ1n) is 12.3. The van der Waals surface area contributed by atoms with E-state index in [0.717, 1.165) is 5.56 Å².